The van der Waals surface area contributed by atoms with Gasteiger partial charge in [-0.2, -0.15) is 0 Å². The largest absolute Gasteiger partial charge is 0.326 e. The monoisotopic (exact) mass is 177 g/mol. The summed E-state index contributed by atoms with van der Waals surface area (Å²) in [5.41, 5.74) is 7.28. The predicted octanol–water partition coefficient (Wildman–Crippen LogP) is 1.98. The summed E-state index contributed by atoms with van der Waals surface area (Å²) in [6.07, 6.45) is 0. The Kier molecular flexibility index (Phi) is 3.20. The minimum absolute atomic E-state index is 0.0590. The Hall–Kier alpha value is -1.15. The van der Waals surface area contributed by atoms with Gasteiger partial charge in [-0.3, -0.25) is 4.79 Å². The van der Waals surface area contributed by atoms with Crippen molar-refractivity contribution in [2.75, 3.05) is 0 Å². The van der Waals surface area contributed by atoms with E-state index in [0.717, 1.165) is 11.1 Å². The number of nitrogens with two attached hydrogens (primary N) is 1. The third-order valence-electron chi connectivity index (χ3n) is 2.00. The van der Waals surface area contributed by atoms with Crippen LogP contribution in [0, 0.1) is 5.92 Å². The van der Waals surface area contributed by atoms with Gasteiger partial charge in [0.2, 0.25) is 0 Å². The number of carbonyl (C=O) groups excluding carboxylic acids is 1. The van der Waals surface area contributed by atoms with E-state index in [-0.39, 0.29) is 11.7 Å². The Morgan fingerprint density at radius 2 is 1.85 bits per heavy atom. The molecule has 2 heteroatoms. The van der Waals surface area contributed by atoms with E-state index in [1.165, 1.54) is 0 Å². The zero-order valence-corrected chi connectivity index (χ0v) is 8.08. The first-order valence-corrected chi connectivity index (χ1v) is 4.48. The van der Waals surface area contributed by atoms with E-state index in [4.69, 9.17) is 5.73 Å². The molecule has 2 nitrogen and oxygen atoms in total. The molecule has 0 fully saturated rings. The maximum atomic E-state index is 11.5. The molecule has 0 aromatic heterocycles. The van der Waals surface area contributed by atoms with E-state index < -0.39 is 0 Å². The molecule has 0 saturated carbocycles. The summed E-state index contributed by atoms with van der Waals surface area (Å²) in [6.45, 7) is 4.33. The number of hydrogen-bond acceptors (Lipinski definition) is 2. The van der Waals surface area contributed by atoms with Gasteiger partial charge in [0.1, 0.15) is 0 Å². The van der Waals surface area contributed by atoms with Gasteiger partial charge in [-0.1, -0.05) is 38.1 Å². The normalized spacial score (nSPS) is 10.5. The predicted molar refractivity (Wildman–Crippen MR) is 53.5 cm³/mol. The van der Waals surface area contributed by atoms with Crippen molar-refractivity contribution in [2.45, 2.75) is 20.4 Å². The number of hydrogen-bond donors (Lipinski definition) is 1. The second-order valence-corrected chi connectivity index (χ2v) is 3.42. The molecule has 70 valence electrons. The SMILES string of the molecule is CC(C)C(=O)c1ccc(CN)cc1. The van der Waals surface area contributed by atoms with Crippen molar-refractivity contribution in [1.82, 2.24) is 0 Å². The molecule has 0 aliphatic carbocycles. The zero-order chi connectivity index (χ0) is 9.84. The lowest BCUT2D eigenvalue weighted by atomic mass is 10.0. The molecular weight excluding hydrogens is 162 g/mol. The minimum atomic E-state index is 0.0590. The number of benzene rings is 1. The number of Topliss-reactive ketones (excluding diaryl/α,β-unsaturated/α-hetero) is 1. The standard InChI is InChI=1S/C11H15NO/c1-8(2)11(13)10-5-3-9(7-12)4-6-10/h3-6,8H,7,12H2,1-2H3. The molecule has 13 heavy (non-hydrogen) atoms. The second-order valence-electron chi connectivity index (χ2n) is 3.42. The van der Waals surface area contributed by atoms with Crippen LogP contribution < -0.4 is 5.73 Å². The van der Waals surface area contributed by atoms with Crippen LogP contribution in [0.4, 0.5) is 0 Å². The van der Waals surface area contributed by atoms with Gasteiger partial charge in [-0.05, 0) is 5.56 Å². The van der Waals surface area contributed by atoms with E-state index in [2.05, 4.69) is 0 Å². The van der Waals surface area contributed by atoms with Crippen LogP contribution >= 0.6 is 0 Å². The molecule has 0 unspecified atom stereocenters. The maximum absolute atomic E-state index is 11.5. The van der Waals surface area contributed by atoms with Crippen LogP contribution in [0.1, 0.15) is 29.8 Å². The molecule has 0 atom stereocenters. The van der Waals surface area contributed by atoms with Crippen molar-refractivity contribution < 1.29 is 4.79 Å². The lowest BCUT2D eigenvalue weighted by molar-refractivity contribution is 0.0939. The smallest absolute Gasteiger partial charge is 0.165 e. The van der Waals surface area contributed by atoms with Crippen LogP contribution in [0.3, 0.4) is 0 Å². The first kappa shape index (κ1) is 9.93. The molecule has 0 aliphatic heterocycles. The lowest BCUT2D eigenvalue weighted by Gasteiger charge is -2.04. The van der Waals surface area contributed by atoms with Gasteiger partial charge >= 0.3 is 0 Å². The topological polar surface area (TPSA) is 43.1 Å². The quantitative estimate of drug-likeness (QED) is 0.717. The van der Waals surface area contributed by atoms with Gasteiger partial charge in [0.05, 0.1) is 0 Å². The van der Waals surface area contributed by atoms with E-state index >= 15 is 0 Å². The molecule has 0 bridgehead atoms. The van der Waals surface area contributed by atoms with E-state index in [1.807, 2.05) is 38.1 Å². The summed E-state index contributed by atoms with van der Waals surface area (Å²) in [7, 11) is 0. The minimum Gasteiger partial charge on any atom is -0.326 e. The highest BCUT2D eigenvalue weighted by atomic mass is 16.1. The van der Waals surface area contributed by atoms with Crippen LogP contribution in [0.2, 0.25) is 0 Å². The fraction of sp³-hybridized carbons (Fsp3) is 0.364. The molecular formula is C11H15NO. The van der Waals surface area contributed by atoms with Crippen LogP contribution in [0.15, 0.2) is 24.3 Å². The highest BCUT2D eigenvalue weighted by molar-refractivity contribution is 5.97. The highest BCUT2D eigenvalue weighted by Crippen LogP contribution is 2.09. The molecule has 0 saturated heterocycles. The van der Waals surface area contributed by atoms with Crippen LogP contribution in [-0.2, 0) is 6.54 Å². The Balaban J connectivity index is 2.86. The van der Waals surface area contributed by atoms with Gasteiger partial charge < -0.3 is 5.73 Å². The van der Waals surface area contributed by atoms with Gasteiger partial charge in [-0.15, -0.1) is 0 Å². The second kappa shape index (κ2) is 4.19. The molecule has 0 aliphatic rings. The van der Waals surface area contributed by atoms with Crippen molar-refractivity contribution in [1.29, 1.82) is 0 Å². The van der Waals surface area contributed by atoms with Crippen LogP contribution in [-0.4, -0.2) is 5.78 Å². The average Bonchev–Trinajstić information content (AvgIpc) is 2.17. The van der Waals surface area contributed by atoms with Crippen molar-refractivity contribution in [3.05, 3.63) is 35.4 Å². The van der Waals surface area contributed by atoms with Crippen molar-refractivity contribution in [3.63, 3.8) is 0 Å². The summed E-state index contributed by atoms with van der Waals surface area (Å²) in [5.74, 6) is 0.243. The van der Waals surface area contributed by atoms with E-state index in [9.17, 15) is 4.79 Å². The third kappa shape index (κ3) is 2.39. The third-order valence-corrected chi connectivity index (χ3v) is 2.00. The first-order valence-electron chi connectivity index (χ1n) is 4.48. The van der Waals surface area contributed by atoms with E-state index in [1.54, 1.807) is 0 Å². The van der Waals surface area contributed by atoms with Crippen molar-refractivity contribution in [2.24, 2.45) is 11.7 Å². The number of carbonyl (C=O) groups is 1. The molecule has 0 spiro atoms. The average molecular weight is 177 g/mol. The van der Waals surface area contributed by atoms with Crippen molar-refractivity contribution >= 4 is 5.78 Å². The molecule has 1 aromatic rings. The first-order chi connectivity index (χ1) is 6.15. The molecule has 1 rings (SSSR count). The highest BCUT2D eigenvalue weighted by Gasteiger charge is 2.09. The fourth-order valence-corrected chi connectivity index (χ4v) is 1.14. The van der Waals surface area contributed by atoms with Gasteiger partial charge in [0, 0.05) is 18.0 Å². The molecule has 0 heterocycles. The van der Waals surface area contributed by atoms with E-state index in [0.29, 0.717) is 6.54 Å². The Bertz CT molecular complexity index is 287. The fourth-order valence-electron chi connectivity index (χ4n) is 1.14. The summed E-state index contributed by atoms with van der Waals surface area (Å²) in [5, 5.41) is 0. The molecule has 0 amide bonds. The van der Waals surface area contributed by atoms with Gasteiger partial charge in [0.25, 0.3) is 0 Å². The molecule has 1 aromatic carbocycles. The maximum Gasteiger partial charge on any atom is 0.165 e. The Morgan fingerprint density at radius 1 is 1.31 bits per heavy atom. The van der Waals surface area contributed by atoms with Gasteiger partial charge in [-0.25, -0.2) is 0 Å². The summed E-state index contributed by atoms with van der Waals surface area (Å²) in [6, 6.07) is 7.47. The Labute approximate surface area is 78.8 Å². The van der Waals surface area contributed by atoms with Gasteiger partial charge in [0.15, 0.2) is 5.78 Å². The summed E-state index contributed by atoms with van der Waals surface area (Å²) >= 11 is 0. The zero-order valence-electron chi connectivity index (χ0n) is 8.08. The number of ketones is 1. The number of rotatable bonds is 3. The molecule has 0 radical (unpaired) electrons. The molecule has 2 N–H and O–H groups in total. The van der Waals surface area contributed by atoms with Crippen molar-refractivity contribution in [3.8, 4) is 0 Å². The summed E-state index contributed by atoms with van der Waals surface area (Å²) < 4.78 is 0. The summed E-state index contributed by atoms with van der Waals surface area (Å²) in [4.78, 5) is 11.5. The van der Waals surface area contributed by atoms with Crippen LogP contribution in [0.25, 0.3) is 0 Å². The van der Waals surface area contributed by atoms with Crippen LogP contribution in [0.5, 0.6) is 0 Å². The lowest BCUT2D eigenvalue weighted by Crippen LogP contribution is -2.07. The Morgan fingerprint density at radius 3 is 2.23 bits per heavy atom.